The molecule has 0 aliphatic heterocycles. The molecule has 0 aliphatic carbocycles. The molecule has 0 amide bonds. The van der Waals surface area contributed by atoms with Crippen LogP contribution in [0, 0.1) is 0 Å². The molecule has 0 radical (unpaired) electrons. The lowest BCUT2D eigenvalue weighted by Gasteiger charge is -2.34. The van der Waals surface area contributed by atoms with Crippen molar-refractivity contribution in [3.63, 3.8) is 0 Å². The molecule has 0 aliphatic rings. The van der Waals surface area contributed by atoms with Gasteiger partial charge in [0.25, 0.3) is 5.56 Å². The summed E-state index contributed by atoms with van der Waals surface area (Å²) in [6.07, 6.45) is 4.48. The molecule has 0 saturated heterocycles. The summed E-state index contributed by atoms with van der Waals surface area (Å²) in [7, 11) is 6.84. The predicted octanol–water partition coefficient (Wildman–Crippen LogP) is 7.55. The Morgan fingerprint density at radius 2 is 1.67 bits per heavy atom. The van der Waals surface area contributed by atoms with E-state index in [1.807, 2.05) is 35.1 Å². The van der Waals surface area contributed by atoms with E-state index in [9.17, 15) is 4.79 Å². The maximum atomic E-state index is 13.6. The molecule has 0 fully saturated rings. The first kappa shape index (κ1) is 38.9. The summed E-state index contributed by atoms with van der Waals surface area (Å²) in [6.45, 7) is 11.1. The molecule has 1 aromatic heterocycles. The third-order valence-corrected chi connectivity index (χ3v) is 10.7. The lowest BCUT2D eigenvalue weighted by Crippen LogP contribution is -2.38. The molecule has 4 aromatic rings. The zero-order valence-corrected chi connectivity index (χ0v) is 31.7. The number of hydrogen-bond acceptors (Lipinski definition) is 10. The van der Waals surface area contributed by atoms with Crippen LogP contribution < -0.4 is 19.9 Å². The fourth-order valence-electron chi connectivity index (χ4n) is 5.52. The summed E-state index contributed by atoms with van der Waals surface area (Å²) in [6, 6.07) is 17.7. The van der Waals surface area contributed by atoms with Gasteiger partial charge in [0.1, 0.15) is 12.9 Å². The quantitative estimate of drug-likeness (QED) is 0.0487. The fourth-order valence-corrected chi connectivity index (χ4v) is 7.84. The van der Waals surface area contributed by atoms with Gasteiger partial charge in [0.2, 0.25) is 0 Å². The average Bonchev–Trinajstić information content (AvgIpc) is 3.11. The number of hydrogen-bond donors (Lipinski definition) is 0. The van der Waals surface area contributed by atoms with Crippen molar-refractivity contribution in [3.05, 3.63) is 88.0 Å². The van der Waals surface area contributed by atoms with Crippen molar-refractivity contribution in [3.8, 4) is 17.2 Å². The van der Waals surface area contributed by atoms with E-state index < -0.39 is 0 Å². The molecule has 4 rings (SSSR count). The van der Waals surface area contributed by atoms with E-state index in [4.69, 9.17) is 35.3 Å². The number of halogens is 1. The van der Waals surface area contributed by atoms with Crippen LogP contribution in [0.4, 0.5) is 5.69 Å². The number of alkyl halides is 1. The van der Waals surface area contributed by atoms with E-state index in [2.05, 4.69) is 55.1 Å². The van der Waals surface area contributed by atoms with Crippen molar-refractivity contribution in [2.75, 3.05) is 71.5 Å². The van der Waals surface area contributed by atoms with Crippen LogP contribution in [-0.2, 0) is 33.1 Å². The topological polar surface area (TPSA) is 84.3 Å². The number of ether oxygens (including phenoxy) is 5. The first-order valence-corrected chi connectivity index (χ1v) is 19.4. The Morgan fingerprint density at radius 1 is 0.939 bits per heavy atom. The van der Waals surface area contributed by atoms with Gasteiger partial charge in [0.15, 0.2) is 11.5 Å². The number of fused-ring (bicyclic) bond motifs is 1. The van der Waals surface area contributed by atoms with Crippen LogP contribution >= 0.6 is 33.2 Å². The largest absolute Gasteiger partial charge is 0.493 e. The lowest BCUT2D eigenvalue weighted by molar-refractivity contribution is 0.0264. The molecule has 3 aromatic carbocycles. The minimum atomic E-state index is -0.166. The number of anilines is 1. The molecular formula is C37H48ClN3O6S2. The molecule has 0 saturated carbocycles. The van der Waals surface area contributed by atoms with Gasteiger partial charge in [-0.1, -0.05) is 52.8 Å². The second kappa shape index (κ2) is 19.5. The normalized spacial score (nSPS) is 11.7. The first-order chi connectivity index (χ1) is 23.7. The first-order valence-electron chi connectivity index (χ1n) is 16.3. The Morgan fingerprint density at radius 3 is 2.39 bits per heavy atom. The number of para-hydroxylation sites is 1. The molecule has 49 heavy (non-hydrogen) atoms. The Bertz CT molecular complexity index is 1700. The maximum Gasteiger partial charge on any atom is 0.265 e. The molecule has 0 atom stereocenters. The number of aryl methyl sites for hydroxylation is 1. The second-order valence-corrected chi connectivity index (χ2v) is 15.4. The summed E-state index contributed by atoms with van der Waals surface area (Å²) >= 11 is 6.40. The minimum absolute atomic E-state index is 0.0149. The Balaban J connectivity index is 1.56. The van der Waals surface area contributed by atoms with E-state index in [0.29, 0.717) is 67.9 Å². The SMILES string of the molecule is CCc1ccccc1-n1cnc2cc(OCc3cc(CCl)cc(N(CCOCCOCCOC)CC(C)(C)SSC)c3)c(OC)cc2c1=O. The molecular weight excluding hydrogens is 682 g/mol. The predicted molar refractivity (Wildman–Crippen MR) is 205 cm³/mol. The van der Waals surface area contributed by atoms with Gasteiger partial charge in [-0.15, -0.1) is 11.6 Å². The van der Waals surface area contributed by atoms with Crippen molar-refractivity contribution in [2.24, 2.45) is 0 Å². The lowest BCUT2D eigenvalue weighted by atomic mass is 10.1. The Hall–Kier alpha value is -2.93. The molecule has 0 unspecified atom stereocenters. The van der Waals surface area contributed by atoms with E-state index in [0.717, 1.165) is 41.0 Å². The van der Waals surface area contributed by atoms with E-state index >= 15 is 0 Å². The highest BCUT2D eigenvalue weighted by molar-refractivity contribution is 8.77. The molecule has 9 nitrogen and oxygen atoms in total. The van der Waals surface area contributed by atoms with Crippen molar-refractivity contribution in [1.29, 1.82) is 0 Å². The zero-order chi connectivity index (χ0) is 35.2. The van der Waals surface area contributed by atoms with Gasteiger partial charge in [-0.05, 0) is 67.5 Å². The van der Waals surface area contributed by atoms with Gasteiger partial charge in [-0.2, -0.15) is 0 Å². The number of benzene rings is 3. The summed E-state index contributed by atoms with van der Waals surface area (Å²) in [5.41, 5.74) is 5.25. The van der Waals surface area contributed by atoms with Gasteiger partial charge in [-0.3, -0.25) is 9.36 Å². The molecule has 12 heteroatoms. The van der Waals surface area contributed by atoms with Gasteiger partial charge < -0.3 is 28.6 Å². The molecule has 1 heterocycles. The van der Waals surface area contributed by atoms with Crippen LogP contribution in [0.3, 0.4) is 0 Å². The van der Waals surface area contributed by atoms with Gasteiger partial charge >= 0.3 is 0 Å². The van der Waals surface area contributed by atoms with Crippen molar-refractivity contribution in [2.45, 2.75) is 44.4 Å². The van der Waals surface area contributed by atoms with Crippen molar-refractivity contribution < 1.29 is 23.7 Å². The standard InChI is InChI=1S/C37H48ClN3O6S2/c1-7-29-10-8-9-11-33(29)41-26-39-32-22-35(34(44-5)21-31(32)36(41)42)47-24-28-18-27(23-38)19-30(20-28)40(25-37(2,3)49-48-6)12-13-45-16-17-46-15-14-43-4/h8-11,18-22,26H,7,12-17,23-25H2,1-6H3. The van der Waals surface area contributed by atoms with Crippen LogP contribution in [0.25, 0.3) is 16.6 Å². The summed E-state index contributed by atoms with van der Waals surface area (Å²) in [5, 5.41) is 0.453. The van der Waals surface area contributed by atoms with Crippen LogP contribution in [-0.4, -0.2) is 80.9 Å². The summed E-state index contributed by atoms with van der Waals surface area (Å²) in [4.78, 5) is 20.6. The maximum absolute atomic E-state index is 13.6. The number of rotatable bonds is 21. The van der Waals surface area contributed by atoms with Gasteiger partial charge in [0, 0.05) is 42.6 Å². The molecule has 0 spiro atoms. The molecule has 266 valence electrons. The van der Waals surface area contributed by atoms with Gasteiger partial charge in [-0.25, -0.2) is 4.98 Å². The number of aromatic nitrogens is 2. The Kier molecular flexibility index (Phi) is 15.4. The highest BCUT2D eigenvalue weighted by Gasteiger charge is 2.24. The van der Waals surface area contributed by atoms with Crippen LogP contribution in [0.15, 0.2) is 65.7 Å². The average molecular weight is 730 g/mol. The van der Waals surface area contributed by atoms with Gasteiger partial charge in [0.05, 0.1) is 56.7 Å². The van der Waals surface area contributed by atoms with Crippen LogP contribution in [0.2, 0.25) is 0 Å². The zero-order valence-electron chi connectivity index (χ0n) is 29.3. The highest BCUT2D eigenvalue weighted by Crippen LogP contribution is 2.36. The monoisotopic (exact) mass is 729 g/mol. The third kappa shape index (κ3) is 11.0. The van der Waals surface area contributed by atoms with Crippen LogP contribution in [0.5, 0.6) is 11.5 Å². The van der Waals surface area contributed by atoms with Crippen molar-refractivity contribution in [1.82, 2.24) is 9.55 Å². The smallest absolute Gasteiger partial charge is 0.265 e. The molecule has 0 bridgehead atoms. The molecule has 0 N–H and O–H groups in total. The van der Waals surface area contributed by atoms with Crippen molar-refractivity contribution >= 4 is 49.8 Å². The minimum Gasteiger partial charge on any atom is -0.493 e. The summed E-state index contributed by atoms with van der Waals surface area (Å²) < 4.78 is 30.1. The van der Waals surface area contributed by atoms with Crippen LogP contribution in [0.1, 0.15) is 37.5 Å². The Labute approximate surface area is 303 Å². The van der Waals surface area contributed by atoms with E-state index in [1.54, 1.807) is 48.0 Å². The number of methoxy groups -OCH3 is 2. The van der Waals surface area contributed by atoms with E-state index in [1.165, 1.54) is 0 Å². The fraction of sp³-hybridized carbons (Fsp3) is 0.459. The third-order valence-electron chi connectivity index (χ3n) is 7.82. The van der Waals surface area contributed by atoms with E-state index in [-0.39, 0.29) is 16.9 Å². The summed E-state index contributed by atoms with van der Waals surface area (Å²) in [5.74, 6) is 1.33. The second-order valence-electron chi connectivity index (χ2n) is 12.0. The highest BCUT2D eigenvalue weighted by atomic mass is 35.5. The number of nitrogens with zero attached hydrogens (tertiary/aromatic N) is 3.